The Kier molecular flexibility index (Phi) is 7.45. The van der Waals surface area contributed by atoms with Crippen LogP contribution in [0.25, 0.3) is 0 Å². The molecule has 9 nitrogen and oxygen atoms in total. The lowest BCUT2D eigenvalue weighted by atomic mass is 9.92. The number of nitrogens with zero attached hydrogens (tertiary/aromatic N) is 3. The molecule has 0 spiro atoms. The lowest BCUT2D eigenvalue weighted by molar-refractivity contribution is -0.115. The molecule has 0 atom stereocenters. The number of ether oxygens (including phenoxy) is 2. The number of carbonyl (C=O) groups is 1. The van der Waals surface area contributed by atoms with E-state index in [1.54, 1.807) is 12.1 Å². The van der Waals surface area contributed by atoms with Crippen LogP contribution < -0.4 is 10.1 Å². The Morgan fingerprint density at radius 2 is 1.76 bits per heavy atom. The van der Waals surface area contributed by atoms with E-state index in [4.69, 9.17) is 14.6 Å². The van der Waals surface area contributed by atoms with Gasteiger partial charge in [0.15, 0.2) is 0 Å². The van der Waals surface area contributed by atoms with Crippen LogP contribution in [0.3, 0.4) is 0 Å². The SMILES string of the molecule is COc1ccc(CC(=O)Nc2cc(C(C)(C)C)nn2C(C)(C)C)cc1S(=O)(=O)N1CCOCC1. The van der Waals surface area contributed by atoms with Crippen LogP contribution in [0.5, 0.6) is 5.75 Å². The van der Waals surface area contributed by atoms with Crippen LogP contribution >= 0.6 is 0 Å². The molecule has 0 radical (unpaired) electrons. The van der Waals surface area contributed by atoms with Crippen LogP contribution in [0.1, 0.15) is 52.8 Å². The summed E-state index contributed by atoms with van der Waals surface area (Å²) >= 11 is 0. The molecule has 1 aliphatic rings. The number of morpholine rings is 1. The molecule has 10 heteroatoms. The van der Waals surface area contributed by atoms with Gasteiger partial charge in [-0.15, -0.1) is 0 Å². The van der Waals surface area contributed by atoms with Crippen molar-refractivity contribution in [3.8, 4) is 5.75 Å². The second-order valence-electron chi connectivity index (χ2n) is 10.5. The van der Waals surface area contributed by atoms with Gasteiger partial charge in [-0.05, 0) is 38.5 Å². The number of nitrogens with one attached hydrogen (secondary N) is 1. The normalized spacial score (nSPS) is 15.9. The zero-order valence-electron chi connectivity index (χ0n) is 21.1. The minimum Gasteiger partial charge on any atom is -0.495 e. The van der Waals surface area contributed by atoms with Crippen LogP contribution in [-0.4, -0.2) is 61.8 Å². The molecule has 1 aromatic carbocycles. The van der Waals surface area contributed by atoms with Gasteiger partial charge in [0.25, 0.3) is 0 Å². The lowest BCUT2D eigenvalue weighted by Crippen LogP contribution is -2.40. The Balaban J connectivity index is 1.86. The summed E-state index contributed by atoms with van der Waals surface area (Å²) in [6, 6.07) is 6.71. The number of sulfonamides is 1. The van der Waals surface area contributed by atoms with Gasteiger partial charge in [-0.25, -0.2) is 13.1 Å². The number of hydrogen-bond donors (Lipinski definition) is 1. The Morgan fingerprint density at radius 3 is 2.32 bits per heavy atom. The van der Waals surface area contributed by atoms with Crippen LogP contribution in [0.15, 0.2) is 29.2 Å². The summed E-state index contributed by atoms with van der Waals surface area (Å²) in [6.45, 7) is 13.5. The Labute approximate surface area is 202 Å². The molecule has 2 aromatic rings. The topological polar surface area (TPSA) is 103 Å². The van der Waals surface area contributed by atoms with Crippen molar-refractivity contribution in [1.29, 1.82) is 0 Å². The van der Waals surface area contributed by atoms with Gasteiger partial charge in [-0.2, -0.15) is 9.40 Å². The van der Waals surface area contributed by atoms with E-state index >= 15 is 0 Å². The van der Waals surface area contributed by atoms with Crippen molar-refractivity contribution in [3.63, 3.8) is 0 Å². The molecule has 0 unspecified atom stereocenters. The molecule has 0 aliphatic carbocycles. The quantitative estimate of drug-likeness (QED) is 0.665. The van der Waals surface area contributed by atoms with Gasteiger partial charge in [0.2, 0.25) is 15.9 Å². The molecule has 1 N–H and O–H groups in total. The number of hydrogen-bond acceptors (Lipinski definition) is 6. The summed E-state index contributed by atoms with van der Waals surface area (Å²) in [5, 5.41) is 7.69. The molecule has 188 valence electrons. The summed E-state index contributed by atoms with van der Waals surface area (Å²) < 4.78 is 40.2. The number of benzene rings is 1. The largest absolute Gasteiger partial charge is 0.495 e. The standard InChI is InChI=1S/C24H36N4O5S/c1-23(2,3)20-16-21(28(26-20)24(4,5)6)25-22(29)15-17-8-9-18(32-7)19(14-17)34(30,31)27-10-12-33-13-11-27/h8-9,14,16H,10-13,15H2,1-7H3,(H,25,29). The monoisotopic (exact) mass is 492 g/mol. The molecule has 0 bridgehead atoms. The average Bonchev–Trinajstić information content (AvgIpc) is 3.19. The zero-order valence-corrected chi connectivity index (χ0v) is 22.0. The fourth-order valence-corrected chi connectivity index (χ4v) is 5.29. The summed E-state index contributed by atoms with van der Waals surface area (Å²) in [5.41, 5.74) is 0.949. The van der Waals surface area contributed by atoms with Crippen molar-refractivity contribution in [3.05, 3.63) is 35.5 Å². The predicted octanol–water partition coefficient (Wildman–Crippen LogP) is 3.15. The molecule has 1 amide bonds. The van der Waals surface area contributed by atoms with Crippen molar-refractivity contribution >= 4 is 21.7 Å². The van der Waals surface area contributed by atoms with E-state index in [-0.39, 0.29) is 47.0 Å². The first-order valence-electron chi connectivity index (χ1n) is 11.4. The maximum Gasteiger partial charge on any atom is 0.246 e. The van der Waals surface area contributed by atoms with Crippen molar-refractivity contribution in [2.24, 2.45) is 0 Å². The van der Waals surface area contributed by atoms with Gasteiger partial charge in [-0.1, -0.05) is 26.8 Å². The lowest BCUT2D eigenvalue weighted by Gasteiger charge is -2.26. The third-order valence-corrected chi connectivity index (χ3v) is 7.48. The molecule has 0 saturated carbocycles. The Bertz CT molecular complexity index is 1140. The van der Waals surface area contributed by atoms with E-state index in [1.165, 1.54) is 17.5 Å². The van der Waals surface area contributed by atoms with Crippen molar-refractivity contribution in [1.82, 2.24) is 14.1 Å². The van der Waals surface area contributed by atoms with Crippen LogP contribution in [-0.2, 0) is 36.9 Å². The van der Waals surface area contributed by atoms with Crippen LogP contribution in [0.2, 0.25) is 0 Å². The number of aromatic nitrogens is 2. The highest BCUT2D eigenvalue weighted by molar-refractivity contribution is 7.89. The zero-order chi connectivity index (χ0) is 25.3. The van der Waals surface area contributed by atoms with Gasteiger partial charge < -0.3 is 14.8 Å². The summed E-state index contributed by atoms with van der Waals surface area (Å²) in [7, 11) is -2.35. The van der Waals surface area contributed by atoms with Crippen molar-refractivity contribution in [2.75, 3.05) is 38.7 Å². The summed E-state index contributed by atoms with van der Waals surface area (Å²) in [4.78, 5) is 13.0. The number of anilines is 1. The third kappa shape index (κ3) is 5.79. The first-order valence-corrected chi connectivity index (χ1v) is 12.8. The average molecular weight is 493 g/mol. The third-order valence-electron chi connectivity index (χ3n) is 5.56. The van der Waals surface area contributed by atoms with E-state index < -0.39 is 10.0 Å². The van der Waals surface area contributed by atoms with E-state index in [2.05, 4.69) is 26.1 Å². The number of carbonyl (C=O) groups excluding carboxylic acids is 1. The first kappa shape index (κ1) is 26.2. The molecule has 1 aromatic heterocycles. The molecule has 34 heavy (non-hydrogen) atoms. The van der Waals surface area contributed by atoms with Gasteiger partial charge in [0, 0.05) is 24.6 Å². The molecular weight excluding hydrogens is 456 g/mol. The fourth-order valence-electron chi connectivity index (χ4n) is 3.68. The molecule has 3 rings (SSSR count). The highest BCUT2D eigenvalue weighted by Gasteiger charge is 2.30. The van der Waals surface area contributed by atoms with Crippen LogP contribution in [0, 0.1) is 0 Å². The maximum absolute atomic E-state index is 13.2. The highest BCUT2D eigenvalue weighted by Crippen LogP contribution is 2.30. The molecule has 2 heterocycles. The van der Waals surface area contributed by atoms with Gasteiger partial charge in [0.1, 0.15) is 16.5 Å². The van der Waals surface area contributed by atoms with E-state index in [9.17, 15) is 13.2 Å². The predicted molar refractivity (Wildman–Crippen MR) is 131 cm³/mol. The molecular formula is C24H36N4O5S. The highest BCUT2D eigenvalue weighted by atomic mass is 32.2. The number of rotatable bonds is 6. The second kappa shape index (κ2) is 9.67. The maximum atomic E-state index is 13.2. The summed E-state index contributed by atoms with van der Waals surface area (Å²) in [5.74, 6) is 0.596. The van der Waals surface area contributed by atoms with E-state index in [0.717, 1.165) is 5.69 Å². The van der Waals surface area contributed by atoms with Gasteiger partial charge >= 0.3 is 0 Å². The molecule has 1 saturated heterocycles. The van der Waals surface area contributed by atoms with Gasteiger partial charge in [-0.3, -0.25) is 4.79 Å². The fraction of sp³-hybridized carbons (Fsp3) is 0.583. The van der Waals surface area contributed by atoms with Gasteiger partial charge in [0.05, 0.1) is 38.0 Å². The smallest absolute Gasteiger partial charge is 0.246 e. The number of amides is 1. The Morgan fingerprint density at radius 1 is 1.12 bits per heavy atom. The van der Waals surface area contributed by atoms with E-state index in [1.807, 2.05) is 31.5 Å². The minimum atomic E-state index is -3.78. The molecule has 1 fully saturated rings. The van der Waals surface area contributed by atoms with Crippen molar-refractivity contribution < 1.29 is 22.7 Å². The first-order chi connectivity index (χ1) is 15.7. The van der Waals surface area contributed by atoms with E-state index in [0.29, 0.717) is 24.6 Å². The summed E-state index contributed by atoms with van der Waals surface area (Å²) in [6.07, 6.45) is 0.00972. The van der Waals surface area contributed by atoms with Crippen molar-refractivity contribution in [2.45, 2.75) is 63.8 Å². The number of methoxy groups -OCH3 is 1. The minimum absolute atomic E-state index is 0.00972. The molecule has 1 aliphatic heterocycles. The second-order valence-corrected chi connectivity index (χ2v) is 12.4. The van der Waals surface area contributed by atoms with Crippen LogP contribution in [0.4, 0.5) is 5.82 Å². The Hall–Kier alpha value is -2.43.